The van der Waals surface area contributed by atoms with Gasteiger partial charge in [0.25, 0.3) is 0 Å². The molecule has 3 rings (SSSR count). The van der Waals surface area contributed by atoms with Crippen LogP contribution in [-0.2, 0) is 5.41 Å². The third-order valence-electron chi connectivity index (χ3n) is 8.10. The van der Waals surface area contributed by atoms with Gasteiger partial charge in [-0.3, -0.25) is 0 Å². The summed E-state index contributed by atoms with van der Waals surface area (Å²) in [5, 5.41) is 1.62. The predicted molar refractivity (Wildman–Crippen MR) is 159 cm³/mol. The van der Waals surface area contributed by atoms with Crippen LogP contribution in [0.15, 0.2) is 40.9 Å². The van der Waals surface area contributed by atoms with Crippen LogP contribution < -0.4 is 5.19 Å². The molecule has 0 atom stereocenters. The summed E-state index contributed by atoms with van der Waals surface area (Å²) in [6.07, 6.45) is 19.1. The van der Waals surface area contributed by atoms with Crippen LogP contribution in [0.3, 0.4) is 0 Å². The van der Waals surface area contributed by atoms with Crippen LogP contribution in [0.2, 0.25) is 19.6 Å². The highest BCUT2D eigenvalue weighted by atomic mass is 79.9. The van der Waals surface area contributed by atoms with E-state index in [1.165, 1.54) is 105 Å². The Hall–Kier alpha value is -0.863. The van der Waals surface area contributed by atoms with E-state index in [1.807, 2.05) is 0 Å². The topological polar surface area (TPSA) is 0 Å². The van der Waals surface area contributed by atoms with Gasteiger partial charge in [0.2, 0.25) is 0 Å². The zero-order valence-electron chi connectivity index (χ0n) is 22.7. The third-order valence-corrected chi connectivity index (χ3v) is 10.6. The van der Waals surface area contributed by atoms with E-state index < -0.39 is 8.07 Å². The first-order valence-corrected chi connectivity index (χ1v) is 18.6. The van der Waals surface area contributed by atoms with Gasteiger partial charge in [-0.15, -0.1) is 0 Å². The van der Waals surface area contributed by atoms with Crippen molar-refractivity contribution in [1.82, 2.24) is 0 Å². The molecule has 2 heteroatoms. The zero-order chi connectivity index (χ0) is 24.6. The number of hydrogen-bond acceptors (Lipinski definition) is 0. The maximum absolute atomic E-state index is 3.84. The van der Waals surface area contributed by atoms with E-state index >= 15 is 0 Å². The molecule has 0 nitrogen and oxygen atoms in total. The van der Waals surface area contributed by atoms with Crippen molar-refractivity contribution in [3.8, 4) is 11.1 Å². The summed E-state index contributed by atoms with van der Waals surface area (Å²) in [6.45, 7) is 12.1. The van der Waals surface area contributed by atoms with Crippen molar-refractivity contribution >= 4 is 29.2 Å². The number of unbranched alkanes of at least 4 members (excludes halogenated alkanes) is 10. The van der Waals surface area contributed by atoms with Gasteiger partial charge >= 0.3 is 0 Å². The average molecular weight is 542 g/mol. The Morgan fingerprint density at radius 2 is 1.09 bits per heavy atom. The van der Waals surface area contributed by atoms with Crippen molar-refractivity contribution in [1.29, 1.82) is 0 Å². The Balaban J connectivity index is 1.95. The van der Waals surface area contributed by atoms with E-state index in [0.717, 1.165) is 0 Å². The lowest BCUT2D eigenvalue weighted by Gasteiger charge is -2.34. The molecule has 0 aromatic heterocycles. The van der Waals surface area contributed by atoms with E-state index in [4.69, 9.17) is 0 Å². The fraction of sp³-hybridized carbons (Fsp3) is 0.625. The first-order chi connectivity index (χ1) is 16.3. The second-order valence-electron chi connectivity index (χ2n) is 11.8. The van der Waals surface area contributed by atoms with Crippen molar-refractivity contribution in [2.24, 2.45) is 0 Å². The Labute approximate surface area is 220 Å². The molecule has 0 amide bonds. The third kappa shape index (κ3) is 6.67. The molecular weight excluding hydrogens is 492 g/mol. The zero-order valence-corrected chi connectivity index (χ0v) is 25.3. The number of hydrogen-bond donors (Lipinski definition) is 0. The maximum Gasteiger partial charge on any atom is 0.0776 e. The second-order valence-corrected chi connectivity index (χ2v) is 17.8. The number of rotatable bonds is 15. The van der Waals surface area contributed by atoms with Gasteiger partial charge in [0.15, 0.2) is 0 Å². The van der Waals surface area contributed by atoms with Crippen LogP contribution in [0.1, 0.15) is 115 Å². The lowest BCUT2D eigenvalue weighted by atomic mass is 9.70. The molecular formula is C32H49BrSi. The lowest BCUT2D eigenvalue weighted by Crippen LogP contribution is -2.38. The molecule has 188 valence electrons. The molecule has 1 aliphatic rings. The molecule has 0 fully saturated rings. The van der Waals surface area contributed by atoms with Gasteiger partial charge in [-0.05, 0) is 47.2 Å². The van der Waals surface area contributed by atoms with E-state index in [0.29, 0.717) is 0 Å². The monoisotopic (exact) mass is 540 g/mol. The fourth-order valence-corrected chi connectivity index (χ4v) is 7.53. The number of benzene rings is 2. The van der Waals surface area contributed by atoms with Crippen molar-refractivity contribution in [3.05, 3.63) is 52.0 Å². The van der Waals surface area contributed by atoms with E-state index in [9.17, 15) is 0 Å². The summed E-state index contributed by atoms with van der Waals surface area (Å²) in [7, 11) is -1.37. The molecule has 0 unspecified atom stereocenters. The Morgan fingerprint density at radius 3 is 1.62 bits per heavy atom. The highest BCUT2D eigenvalue weighted by molar-refractivity contribution is 9.10. The smallest absolute Gasteiger partial charge is 0.0656 e. The first-order valence-electron chi connectivity index (χ1n) is 14.3. The van der Waals surface area contributed by atoms with Crippen molar-refractivity contribution in [2.75, 3.05) is 0 Å². The summed E-state index contributed by atoms with van der Waals surface area (Å²) in [6, 6.07) is 14.7. The number of fused-ring (bicyclic) bond motifs is 3. The molecule has 0 aliphatic heterocycles. The first kappa shape index (κ1) is 27.7. The van der Waals surface area contributed by atoms with Gasteiger partial charge in [-0.25, -0.2) is 0 Å². The van der Waals surface area contributed by atoms with Crippen molar-refractivity contribution in [3.63, 3.8) is 0 Å². The van der Waals surface area contributed by atoms with Gasteiger partial charge in [0, 0.05) is 9.89 Å². The molecule has 0 spiro atoms. The van der Waals surface area contributed by atoms with Crippen molar-refractivity contribution in [2.45, 2.75) is 129 Å². The molecule has 1 aliphatic carbocycles. The Morgan fingerprint density at radius 1 is 0.618 bits per heavy atom. The van der Waals surface area contributed by atoms with E-state index in [-0.39, 0.29) is 5.41 Å². The summed E-state index contributed by atoms with van der Waals surface area (Å²) < 4.78 is 1.24. The molecule has 0 heterocycles. The molecule has 0 saturated heterocycles. The molecule has 0 bridgehead atoms. The predicted octanol–water partition coefficient (Wildman–Crippen LogP) is 10.8. The fourth-order valence-electron chi connectivity index (χ4n) is 6.01. The average Bonchev–Trinajstić information content (AvgIpc) is 3.06. The summed E-state index contributed by atoms with van der Waals surface area (Å²) in [5.41, 5.74) is 6.47. The van der Waals surface area contributed by atoms with Crippen LogP contribution in [-0.4, -0.2) is 8.07 Å². The quantitative estimate of drug-likeness (QED) is 0.155. The van der Waals surface area contributed by atoms with E-state index in [1.54, 1.807) is 16.3 Å². The molecule has 2 aromatic rings. The number of halogens is 1. The Kier molecular flexibility index (Phi) is 10.5. The van der Waals surface area contributed by atoms with Gasteiger partial charge in [-0.2, -0.15) is 0 Å². The summed E-state index contributed by atoms with van der Waals surface area (Å²) in [5.74, 6) is 0. The van der Waals surface area contributed by atoms with E-state index in [2.05, 4.69) is 85.8 Å². The lowest BCUT2D eigenvalue weighted by molar-refractivity contribution is 0.398. The largest absolute Gasteiger partial charge is 0.0776 e. The van der Waals surface area contributed by atoms with Gasteiger partial charge in [0.1, 0.15) is 0 Å². The maximum atomic E-state index is 3.84. The van der Waals surface area contributed by atoms with Crippen LogP contribution >= 0.6 is 15.9 Å². The highest BCUT2D eigenvalue weighted by Crippen LogP contribution is 2.54. The van der Waals surface area contributed by atoms with Gasteiger partial charge in [-0.1, -0.05) is 156 Å². The van der Waals surface area contributed by atoms with Crippen LogP contribution in [0.5, 0.6) is 0 Å². The normalized spacial score (nSPS) is 14.3. The Bertz CT molecular complexity index is 892. The van der Waals surface area contributed by atoms with Crippen molar-refractivity contribution < 1.29 is 0 Å². The minimum atomic E-state index is -1.37. The minimum absolute atomic E-state index is 0.194. The molecule has 2 aromatic carbocycles. The van der Waals surface area contributed by atoms with Crippen LogP contribution in [0, 0.1) is 0 Å². The minimum Gasteiger partial charge on any atom is -0.0656 e. The van der Waals surface area contributed by atoms with Gasteiger partial charge < -0.3 is 0 Å². The molecule has 34 heavy (non-hydrogen) atoms. The van der Waals surface area contributed by atoms with Crippen LogP contribution in [0.25, 0.3) is 11.1 Å². The summed E-state index contributed by atoms with van der Waals surface area (Å²) in [4.78, 5) is 0. The highest BCUT2D eigenvalue weighted by Gasteiger charge is 2.42. The second kappa shape index (κ2) is 12.9. The molecule has 0 saturated carbocycles. The van der Waals surface area contributed by atoms with Gasteiger partial charge in [0.05, 0.1) is 8.07 Å². The molecule has 0 N–H and O–H groups in total. The summed E-state index contributed by atoms with van der Waals surface area (Å²) >= 11 is 3.84. The van der Waals surface area contributed by atoms with Crippen LogP contribution in [0.4, 0.5) is 0 Å². The molecule has 0 radical (unpaired) electrons. The standard InChI is InChI=1S/C32H49BrSi/c1-6-8-10-12-14-16-22-32(23-17-15-13-11-9-7-2)30-24-26(33)18-20-28(30)29-21-19-27(25-31(29)32)34(3,4)5/h18-21,24-25H,6-17,22-23H2,1-5H3. The SMILES string of the molecule is CCCCCCCCC1(CCCCCCCC)c2cc(Br)ccc2-c2ccc([Si](C)(C)C)cc21.